The summed E-state index contributed by atoms with van der Waals surface area (Å²) in [4.78, 5) is 15.6. The Morgan fingerprint density at radius 3 is 2.29 bits per heavy atom. The molecule has 1 fully saturated rings. The zero-order valence-electron chi connectivity index (χ0n) is 18.5. The van der Waals surface area contributed by atoms with E-state index >= 15 is 4.39 Å². The lowest BCUT2D eigenvalue weighted by Gasteiger charge is -2.35. The zero-order valence-corrected chi connectivity index (χ0v) is 18.5. The van der Waals surface area contributed by atoms with Crippen molar-refractivity contribution in [1.29, 1.82) is 0 Å². The van der Waals surface area contributed by atoms with Crippen LogP contribution in [-0.4, -0.2) is 49.2 Å². The molecule has 1 heterocycles. The second-order valence-electron chi connectivity index (χ2n) is 8.52. The second-order valence-corrected chi connectivity index (χ2v) is 8.52. The van der Waals surface area contributed by atoms with Crippen LogP contribution in [0.1, 0.15) is 60.5 Å². The van der Waals surface area contributed by atoms with Crippen LogP contribution in [0.25, 0.3) is 0 Å². The molecule has 31 heavy (non-hydrogen) atoms. The molecule has 0 spiro atoms. The minimum atomic E-state index is -1.95. The van der Waals surface area contributed by atoms with Crippen LogP contribution in [-0.2, 0) is 6.42 Å². The average molecular weight is 426 g/mol. The number of rotatable bonds is 8. The van der Waals surface area contributed by atoms with Gasteiger partial charge < -0.3 is 9.47 Å². The molecular weight excluding hydrogens is 393 g/mol. The van der Waals surface area contributed by atoms with E-state index in [-0.39, 0.29) is 6.54 Å². The Bertz CT molecular complexity index is 910. The highest BCUT2D eigenvalue weighted by atomic mass is 19.1. The van der Waals surface area contributed by atoms with Crippen LogP contribution in [0.5, 0.6) is 11.5 Å². The van der Waals surface area contributed by atoms with Crippen molar-refractivity contribution in [3.63, 3.8) is 0 Å². The molecule has 5 heteroatoms. The topological polar surface area (TPSA) is 38.8 Å². The summed E-state index contributed by atoms with van der Waals surface area (Å²) in [5.41, 5.74) is 0.248. The first-order valence-corrected chi connectivity index (χ1v) is 11.5. The number of hydrogen-bond acceptors (Lipinski definition) is 4. The number of hydrogen-bond donors (Lipinski definition) is 0. The third-order valence-corrected chi connectivity index (χ3v) is 6.45. The maximum absolute atomic E-state index is 16.8. The normalized spacial score (nSPS) is 23.6. The van der Waals surface area contributed by atoms with Crippen LogP contribution in [0.4, 0.5) is 4.39 Å². The van der Waals surface area contributed by atoms with Gasteiger partial charge in [-0.05, 0) is 69.5 Å². The lowest BCUT2D eigenvalue weighted by atomic mass is 9.83. The number of carbonyl (C=O) groups is 1. The first kappa shape index (κ1) is 21.8. The van der Waals surface area contributed by atoms with E-state index < -0.39 is 17.4 Å². The van der Waals surface area contributed by atoms with Gasteiger partial charge in [0.25, 0.3) is 0 Å². The number of ether oxygens (including phenoxy) is 2. The number of likely N-dealkylation sites (tertiary alicyclic amines) is 1. The fourth-order valence-corrected chi connectivity index (χ4v) is 4.97. The predicted molar refractivity (Wildman–Crippen MR) is 120 cm³/mol. The number of halogens is 1. The molecule has 0 aromatic heterocycles. The summed E-state index contributed by atoms with van der Waals surface area (Å²) < 4.78 is 28.3. The smallest absolute Gasteiger partial charge is 0.202 e. The first-order valence-electron chi connectivity index (χ1n) is 11.5. The van der Waals surface area contributed by atoms with Gasteiger partial charge in [0.1, 0.15) is 0 Å². The molecule has 0 saturated carbocycles. The molecule has 0 amide bonds. The van der Waals surface area contributed by atoms with Crippen LogP contribution in [0, 0.1) is 0 Å². The summed E-state index contributed by atoms with van der Waals surface area (Å²) in [6.45, 7) is 6.57. The standard InChI is InChI=1S/C26H32FNO3/c1-3-30-23-16-20-21(17-24(23)31-4-2)25(29)26(27,18-28-13-9-6-10-14-28)22(20)15-19-11-7-5-8-12-19/h5,7-8,11-12,16-17,22H,3-4,6,9-10,13-15,18H2,1-2H3. The largest absolute Gasteiger partial charge is 0.490 e. The average Bonchev–Trinajstić information content (AvgIpc) is 2.97. The van der Waals surface area contributed by atoms with E-state index in [0.29, 0.717) is 36.7 Å². The van der Waals surface area contributed by atoms with Crippen molar-refractivity contribution >= 4 is 5.78 Å². The number of nitrogens with zero attached hydrogens (tertiary/aromatic N) is 1. The summed E-state index contributed by atoms with van der Waals surface area (Å²) >= 11 is 0. The van der Waals surface area contributed by atoms with Gasteiger partial charge in [-0.15, -0.1) is 0 Å². The summed E-state index contributed by atoms with van der Waals surface area (Å²) in [6.07, 6.45) is 3.77. The van der Waals surface area contributed by atoms with Gasteiger partial charge in [-0.3, -0.25) is 9.69 Å². The summed E-state index contributed by atoms with van der Waals surface area (Å²) in [5, 5.41) is 0. The van der Waals surface area contributed by atoms with Crippen LogP contribution in [0.2, 0.25) is 0 Å². The zero-order chi connectivity index (χ0) is 21.8. The molecule has 4 rings (SSSR count). The van der Waals surface area contributed by atoms with E-state index in [1.807, 2.05) is 50.2 Å². The summed E-state index contributed by atoms with van der Waals surface area (Å²) in [6, 6.07) is 13.4. The minimum Gasteiger partial charge on any atom is -0.490 e. The molecule has 0 bridgehead atoms. The van der Waals surface area contributed by atoms with E-state index in [9.17, 15) is 4.79 Å². The van der Waals surface area contributed by atoms with Crippen LogP contribution in [0.3, 0.4) is 0 Å². The molecular formula is C26H32FNO3. The molecule has 1 saturated heterocycles. The summed E-state index contributed by atoms with van der Waals surface area (Å²) in [7, 11) is 0. The monoisotopic (exact) mass is 425 g/mol. The van der Waals surface area contributed by atoms with Gasteiger partial charge in [-0.2, -0.15) is 0 Å². The fraction of sp³-hybridized carbons (Fsp3) is 0.500. The van der Waals surface area contributed by atoms with Crippen molar-refractivity contribution < 1.29 is 18.7 Å². The molecule has 166 valence electrons. The van der Waals surface area contributed by atoms with Gasteiger partial charge in [0, 0.05) is 18.0 Å². The molecule has 2 aromatic carbocycles. The third kappa shape index (κ3) is 4.33. The van der Waals surface area contributed by atoms with E-state index in [4.69, 9.17) is 9.47 Å². The predicted octanol–water partition coefficient (Wildman–Crippen LogP) is 5.20. The molecule has 0 radical (unpaired) electrons. The fourth-order valence-electron chi connectivity index (χ4n) is 4.97. The van der Waals surface area contributed by atoms with Gasteiger partial charge in [-0.1, -0.05) is 36.8 Å². The number of piperidine rings is 1. The Morgan fingerprint density at radius 2 is 1.65 bits per heavy atom. The lowest BCUT2D eigenvalue weighted by molar-refractivity contribution is 0.0461. The Labute approximate surface area is 184 Å². The SMILES string of the molecule is CCOc1cc2c(cc1OCC)C(Cc1ccccc1)C(F)(CN1CCCCC1)C2=O. The maximum Gasteiger partial charge on any atom is 0.202 e. The number of benzene rings is 2. The van der Waals surface area contributed by atoms with Crippen molar-refractivity contribution in [2.75, 3.05) is 32.8 Å². The Hall–Kier alpha value is -2.40. The molecule has 2 atom stereocenters. The minimum absolute atomic E-state index is 0.145. The van der Waals surface area contributed by atoms with Crippen molar-refractivity contribution in [3.8, 4) is 11.5 Å². The van der Waals surface area contributed by atoms with Crippen LogP contribution >= 0.6 is 0 Å². The molecule has 2 aromatic rings. The van der Waals surface area contributed by atoms with Gasteiger partial charge in [0.05, 0.1) is 13.2 Å². The van der Waals surface area contributed by atoms with Crippen LogP contribution < -0.4 is 9.47 Å². The Kier molecular flexibility index (Phi) is 6.61. The number of alkyl halides is 1. The lowest BCUT2D eigenvalue weighted by Crippen LogP contribution is -2.48. The number of fused-ring (bicyclic) bond motifs is 1. The number of Topliss-reactive ketones (excluding diaryl/α,β-unsaturated/α-hetero) is 1. The van der Waals surface area contributed by atoms with Gasteiger partial charge in [-0.25, -0.2) is 4.39 Å². The molecule has 0 N–H and O–H groups in total. The molecule has 2 aliphatic rings. The van der Waals surface area contributed by atoms with Gasteiger partial charge >= 0.3 is 0 Å². The number of ketones is 1. The highest BCUT2D eigenvalue weighted by molar-refractivity contribution is 6.08. The molecule has 1 aliphatic heterocycles. The van der Waals surface area contributed by atoms with Gasteiger partial charge in [0.2, 0.25) is 5.78 Å². The number of carbonyl (C=O) groups excluding carboxylic acids is 1. The van der Waals surface area contributed by atoms with Gasteiger partial charge in [0.15, 0.2) is 17.2 Å². The van der Waals surface area contributed by atoms with E-state index in [1.54, 1.807) is 6.07 Å². The highest BCUT2D eigenvalue weighted by Gasteiger charge is 2.55. The Morgan fingerprint density at radius 1 is 1.00 bits per heavy atom. The maximum atomic E-state index is 16.8. The van der Waals surface area contributed by atoms with Crippen molar-refractivity contribution in [2.45, 2.75) is 51.1 Å². The highest BCUT2D eigenvalue weighted by Crippen LogP contribution is 2.49. The van der Waals surface area contributed by atoms with Crippen molar-refractivity contribution in [2.24, 2.45) is 0 Å². The molecule has 1 aliphatic carbocycles. The van der Waals surface area contributed by atoms with Crippen molar-refractivity contribution in [3.05, 3.63) is 59.2 Å². The second kappa shape index (κ2) is 9.39. The van der Waals surface area contributed by atoms with E-state index in [0.717, 1.165) is 37.1 Å². The first-order chi connectivity index (χ1) is 15.1. The molecule has 4 nitrogen and oxygen atoms in total. The van der Waals surface area contributed by atoms with Crippen molar-refractivity contribution in [1.82, 2.24) is 4.90 Å². The Balaban J connectivity index is 1.76. The third-order valence-electron chi connectivity index (χ3n) is 6.45. The quantitative estimate of drug-likeness (QED) is 0.583. The van der Waals surface area contributed by atoms with E-state index in [1.165, 1.54) is 6.42 Å². The van der Waals surface area contributed by atoms with Crippen LogP contribution in [0.15, 0.2) is 42.5 Å². The summed E-state index contributed by atoms with van der Waals surface area (Å²) in [5.74, 6) is 0.125. The molecule has 2 unspecified atom stereocenters. The van der Waals surface area contributed by atoms with E-state index in [2.05, 4.69) is 4.90 Å².